The van der Waals surface area contributed by atoms with Gasteiger partial charge in [-0.25, -0.2) is 33.5 Å². The Kier molecular flexibility index (Phi) is 9.57. The molecule has 4 aromatic rings. The van der Waals surface area contributed by atoms with Gasteiger partial charge in [0.05, 0.1) is 25.2 Å². The minimum Gasteiger partial charge on any atom is -0.290 e. The topological polar surface area (TPSA) is 101 Å². The average Bonchev–Trinajstić information content (AvgIpc) is 2.67. The molecule has 31 heavy (non-hydrogen) atoms. The van der Waals surface area contributed by atoms with Crippen molar-refractivity contribution in [3.8, 4) is 0 Å². The van der Waals surface area contributed by atoms with Gasteiger partial charge in [-0.15, -0.1) is 0 Å². The third kappa shape index (κ3) is 8.16. The molecule has 0 amide bonds. The van der Waals surface area contributed by atoms with Crippen molar-refractivity contribution in [3.05, 3.63) is 67.1 Å². The van der Waals surface area contributed by atoms with Gasteiger partial charge in [-0.1, -0.05) is 0 Å². The second kappa shape index (κ2) is 11.3. The molecule has 16 heteroatoms. The van der Waals surface area contributed by atoms with Gasteiger partial charge in [0.1, 0.15) is 11.5 Å². The Bertz CT molecular complexity index is 1350. The van der Waals surface area contributed by atoms with Crippen molar-refractivity contribution in [2.45, 2.75) is 0 Å². The second-order valence-electron chi connectivity index (χ2n) is 5.20. The summed E-state index contributed by atoms with van der Waals surface area (Å²) in [6.07, 6.45) is 3.81. The Morgan fingerprint density at radius 3 is 2.13 bits per heavy atom. The van der Waals surface area contributed by atoms with Crippen LogP contribution in [-0.2, 0) is 4.57 Å². The van der Waals surface area contributed by atoms with Crippen molar-refractivity contribution in [1.82, 2.24) is 24.9 Å². The summed E-state index contributed by atoms with van der Waals surface area (Å²) in [4.78, 5) is 27.8. The minimum atomic E-state index is -3.22. The van der Waals surface area contributed by atoms with Crippen LogP contribution in [-0.4, -0.2) is 24.9 Å². The highest BCUT2D eigenvalue weighted by Crippen LogP contribution is 2.61. The van der Waals surface area contributed by atoms with E-state index in [1.165, 1.54) is 12.4 Å². The van der Waals surface area contributed by atoms with Gasteiger partial charge >= 0.3 is 10.9 Å². The predicted molar refractivity (Wildman–Crippen MR) is 125 cm³/mol. The van der Waals surface area contributed by atoms with Crippen molar-refractivity contribution in [2.24, 2.45) is 0 Å². The van der Waals surface area contributed by atoms with Crippen LogP contribution in [0.3, 0.4) is 0 Å². The molecule has 0 unspecified atom stereocenters. The van der Waals surface area contributed by atoms with Crippen molar-refractivity contribution < 1.29 is 13.3 Å². The summed E-state index contributed by atoms with van der Waals surface area (Å²) in [6, 6.07) is 3.26. The third-order valence-electron chi connectivity index (χ3n) is 3.17. The Morgan fingerprint density at radius 1 is 0.903 bits per heavy atom. The molecule has 0 aliphatic carbocycles. The number of aromatic amines is 1. The van der Waals surface area contributed by atoms with Crippen LogP contribution in [0.25, 0.3) is 21.9 Å². The zero-order valence-corrected chi connectivity index (χ0v) is 21.6. The Morgan fingerprint density at radius 2 is 1.48 bits per heavy atom. The van der Waals surface area contributed by atoms with Crippen LogP contribution in [0.5, 0.6) is 0 Å². The number of hydrogen-bond acceptors (Lipinski definition) is 6. The van der Waals surface area contributed by atoms with Gasteiger partial charge in [0.25, 0.3) is 0 Å². The van der Waals surface area contributed by atoms with E-state index < -0.39 is 16.7 Å². The highest BCUT2D eigenvalue weighted by Gasteiger charge is 2.07. The van der Waals surface area contributed by atoms with Crippen molar-refractivity contribution >= 4 is 104 Å². The molecule has 164 valence electrons. The van der Waals surface area contributed by atoms with Gasteiger partial charge in [-0.05, 0) is 89.3 Å². The van der Waals surface area contributed by atoms with E-state index in [1.54, 1.807) is 12.1 Å². The van der Waals surface area contributed by atoms with E-state index in [1.807, 2.05) is 0 Å². The number of pyridine rings is 1. The van der Waals surface area contributed by atoms with E-state index >= 15 is 0 Å². The molecule has 1 aromatic carbocycles. The van der Waals surface area contributed by atoms with Crippen LogP contribution >= 0.6 is 82.4 Å². The number of benzene rings is 1. The van der Waals surface area contributed by atoms with Crippen LogP contribution in [0.1, 0.15) is 0 Å². The number of hydrogen-bond donors (Lipinski definition) is 1. The summed E-state index contributed by atoms with van der Waals surface area (Å²) in [5, 5.41) is -2.55. The van der Waals surface area contributed by atoms with E-state index in [0.29, 0.717) is 15.4 Å². The van der Waals surface area contributed by atoms with Crippen molar-refractivity contribution in [2.75, 3.05) is 0 Å². The number of nitrogens with zero attached hydrogens (tertiary/aromatic N) is 4. The fourth-order valence-electron chi connectivity index (χ4n) is 1.98. The number of halogens is 8. The molecule has 0 saturated heterocycles. The summed E-state index contributed by atoms with van der Waals surface area (Å²) >= 11 is 25.5. The highest BCUT2D eigenvalue weighted by molar-refractivity contribution is 9.10. The lowest BCUT2D eigenvalue weighted by atomic mass is 10.2. The largest absolute Gasteiger partial charge is 0.346 e. The van der Waals surface area contributed by atoms with E-state index in [2.05, 4.69) is 90.5 Å². The van der Waals surface area contributed by atoms with Crippen LogP contribution in [0, 0.1) is 11.6 Å². The lowest BCUT2D eigenvalue weighted by Gasteiger charge is -1.99. The molecule has 0 radical (unpaired) electrons. The zero-order valence-electron chi connectivity index (χ0n) is 14.5. The first-order chi connectivity index (χ1) is 14.4. The lowest BCUT2D eigenvalue weighted by molar-refractivity contribution is 0.600. The third-order valence-corrected chi connectivity index (χ3v) is 4.51. The van der Waals surface area contributed by atoms with Gasteiger partial charge in [0, 0.05) is 18.6 Å². The minimum absolute atomic E-state index is 0.120. The van der Waals surface area contributed by atoms with Crippen molar-refractivity contribution in [1.29, 1.82) is 0 Å². The quantitative estimate of drug-likeness (QED) is 0.158. The SMILES string of the molecule is Fc1c(Br)ccc2nc(Cl)ncc12.O=P(Cl)(Cl)Cl.O=c1ncc2c(F)c(Br)cnc2[nH]1. The molecular formula is C15H6Br2Cl4F2N5O2P. The number of fused-ring (bicyclic) bond motifs is 2. The summed E-state index contributed by atoms with van der Waals surface area (Å²) < 4.78 is 36.8. The van der Waals surface area contributed by atoms with E-state index in [9.17, 15) is 18.1 Å². The molecule has 0 aliphatic rings. The Labute approximate surface area is 208 Å². The maximum absolute atomic E-state index is 13.4. The molecule has 1 N–H and O–H groups in total. The molecule has 0 aliphatic heterocycles. The molecule has 0 fully saturated rings. The molecule has 0 bridgehead atoms. The van der Waals surface area contributed by atoms with Crippen LogP contribution in [0.4, 0.5) is 8.78 Å². The van der Waals surface area contributed by atoms with Crippen molar-refractivity contribution in [3.63, 3.8) is 0 Å². The first kappa shape index (κ1) is 26.3. The van der Waals surface area contributed by atoms with Gasteiger partial charge in [0.15, 0.2) is 5.82 Å². The number of aromatic nitrogens is 5. The van der Waals surface area contributed by atoms with E-state index in [0.717, 1.165) is 6.20 Å². The van der Waals surface area contributed by atoms with Gasteiger partial charge in [-0.3, -0.25) is 9.55 Å². The normalized spacial score (nSPS) is 10.8. The fourth-order valence-corrected chi connectivity index (χ4v) is 2.78. The maximum atomic E-state index is 13.4. The molecule has 4 rings (SSSR count). The van der Waals surface area contributed by atoms with Gasteiger partial charge in [0.2, 0.25) is 5.28 Å². The highest BCUT2D eigenvalue weighted by atomic mass is 79.9. The summed E-state index contributed by atoms with van der Waals surface area (Å²) in [7, 11) is 0. The molecule has 3 heterocycles. The summed E-state index contributed by atoms with van der Waals surface area (Å²) in [5.74, 6) is -0.845. The molecule has 3 aromatic heterocycles. The van der Waals surface area contributed by atoms with Crippen LogP contribution in [0.15, 0.2) is 44.5 Å². The van der Waals surface area contributed by atoms with E-state index in [-0.39, 0.29) is 26.6 Å². The summed E-state index contributed by atoms with van der Waals surface area (Å²) in [6.45, 7) is 0. The first-order valence-electron chi connectivity index (χ1n) is 7.51. The summed E-state index contributed by atoms with van der Waals surface area (Å²) in [5.41, 5.74) is 0.156. The lowest BCUT2D eigenvalue weighted by Crippen LogP contribution is -2.09. The molecule has 0 saturated carbocycles. The molecule has 0 atom stereocenters. The van der Waals surface area contributed by atoms with Gasteiger partial charge < -0.3 is 0 Å². The fraction of sp³-hybridized carbons (Fsp3) is 0. The zero-order chi connectivity index (χ0) is 23.3. The second-order valence-corrected chi connectivity index (χ2v) is 13.9. The predicted octanol–water partition coefficient (Wildman–Crippen LogP) is 7.22. The van der Waals surface area contributed by atoms with E-state index in [4.69, 9.17) is 11.6 Å². The Balaban J connectivity index is 0.000000182. The number of nitrogens with one attached hydrogen (secondary N) is 1. The van der Waals surface area contributed by atoms with Gasteiger partial charge in [-0.2, -0.15) is 0 Å². The smallest absolute Gasteiger partial charge is 0.290 e. The van der Waals surface area contributed by atoms with Crippen LogP contribution in [0.2, 0.25) is 5.28 Å². The standard InChI is InChI=1S/C8H3BrClFN2.C7H3BrFN3O.Cl3OP/c9-5-1-2-6-4(7(5)11)3-12-8(10)13-6;8-4-2-10-6-3(5(4)9)1-11-7(13)12-6;1-5(2,3)4/h1-3H;1-2H,(H,10,11,12,13);. The number of H-pyrrole nitrogens is 1. The molecule has 0 spiro atoms. The van der Waals surface area contributed by atoms with Crippen LogP contribution < -0.4 is 5.69 Å². The monoisotopic (exact) mass is 655 g/mol. The first-order valence-corrected chi connectivity index (χ1v) is 13.9. The maximum Gasteiger partial charge on any atom is 0.346 e. The number of rotatable bonds is 0. The Hall–Kier alpha value is -0.940. The average molecular weight is 659 g/mol. The molecular weight excluding hydrogens is 653 g/mol. The molecule has 7 nitrogen and oxygen atoms in total.